The fourth-order valence-electron chi connectivity index (χ4n) is 2.71. The second kappa shape index (κ2) is 7.71. The highest BCUT2D eigenvalue weighted by Crippen LogP contribution is 2.37. The van der Waals surface area contributed by atoms with Crippen LogP contribution in [-0.2, 0) is 20.5 Å². The van der Waals surface area contributed by atoms with Crippen LogP contribution in [0.4, 0.5) is 24.5 Å². The Morgan fingerprint density at radius 3 is 2.46 bits per heavy atom. The minimum atomic E-state index is -4.90. The standard InChI is InChI=1S/C16H17F3N2O5/c1-9(26-15(23)10-4-2-3-5-10)14(22)20-13-7-6-11(21(24)25)8-12(13)16(17,18)19/h6-10H,2-5H2,1H3,(H,20,22)/t9-/m1/s1. The summed E-state index contributed by atoms with van der Waals surface area (Å²) in [4.78, 5) is 33.7. The lowest BCUT2D eigenvalue weighted by molar-refractivity contribution is -0.385. The number of nitrogens with one attached hydrogen (secondary N) is 1. The van der Waals surface area contributed by atoms with Crippen LogP contribution in [0.25, 0.3) is 0 Å². The van der Waals surface area contributed by atoms with Gasteiger partial charge in [0.25, 0.3) is 11.6 Å². The molecule has 1 aliphatic rings. The number of amides is 1. The first-order valence-corrected chi connectivity index (χ1v) is 7.96. The third kappa shape index (κ3) is 4.70. The zero-order chi connectivity index (χ0) is 19.5. The molecule has 0 spiro atoms. The van der Waals surface area contributed by atoms with Crippen LogP contribution in [-0.4, -0.2) is 22.9 Å². The molecule has 0 bridgehead atoms. The zero-order valence-electron chi connectivity index (χ0n) is 13.8. The van der Waals surface area contributed by atoms with E-state index in [1.54, 1.807) is 0 Å². The van der Waals surface area contributed by atoms with E-state index in [-0.39, 0.29) is 5.92 Å². The van der Waals surface area contributed by atoms with Gasteiger partial charge in [0.05, 0.1) is 22.1 Å². The number of nitro groups is 1. The van der Waals surface area contributed by atoms with Crippen LogP contribution in [0.5, 0.6) is 0 Å². The second-order valence-electron chi connectivity index (χ2n) is 6.03. The molecular formula is C16H17F3N2O5. The minimum Gasteiger partial charge on any atom is -0.452 e. The smallest absolute Gasteiger partial charge is 0.418 e. The van der Waals surface area contributed by atoms with Crippen molar-refractivity contribution in [3.8, 4) is 0 Å². The van der Waals surface area contributed by atoms with Gasteiger partial charge in [-0.1, -0.05) is 12.8 Å². The molecule has 0 saturated heterocycles. The van der Waals surface area contributed by atoms with Crippen molar-refractivity contribution in [1.82, 2.24) is 0 Å². The number of nitro benzene ring substituents is 1. The first kappa shape index (κ1) is 19.7. The van der Waals surface area contributed by atoms with Gasteiger partial charge in [0.1, 0.15) is 0 Å². The van der Waals surface area contributed by atoms with E-state index >= 15 is 0 Å². The number of non-ortho nitro benzene ring substituents is 1. The van der Waals surface area contributed by atoms with Crippen molar-refractivity contribution in [3.63, 3.8) is 0 Å². The van der Waals surface area contributed by atoms with Gasteiger partial charge in [0, 0.05) is 12.1 Å². The second-order valence-corrected chi connectivity index (χ2v) is 6.03. The molecule has 142 valence electrons. The number of rotatable bonds is 5. The number of anilines is 1. The number of ether oxygens (including phenoxy) is 1. The van der Waals surface area contributed by atoms with E-state index in [4.69, 9.17) is 4.74 Å². The van der Waals surface area contributed by atoms with Crippen molar-refractivity contribution in [2.45, 2.75) is 44.9 Å². The molecule has 0 aromatic heterocycles. The Morgan fingerprint density at radius 1 is 1.31 bits per heavy atom. The van der Waals surface area contributed by atoms with Gasteiger partial charge in [0.15, 0.2) is 6.10 Å². The van der Waals surface area contributed by atoms with E-state index in [1.165, 1.54) is 6.92 Å². The lowest BCUT2D eigenvalue weighted by Crippen LogP contribution is -2.32. The van der Waals surface area contributed by atoms with Crippen molar-refractivity contribution in [2.24, 2.45) is 5.92 Å². The maximum Gasteiger partial charge on any atom is 0.418 e. The number of carbonyl (C=O) groups excluding carboxylic acids is 2. The molecule has 1 N–H and O–H groups in total. The first-order valence-electron chi connectivity index (χ1n) is 7.96. The topological polar surface area (TPSA) is 98.5 Å². The molecule has 2 rings (SSSR count). The number of hydrogen-bond donors (Lipinski definition) is 1. The Balaban J connectivity index is 2.12. The molecule has 1 aromatic carbocycles. The Morgan fingerprint density at radius 2 is 1.92 bits per heavy atom. The number of alkyl halides is 3. The number of halogens is 3. The Labute approximate surface area is 146 Å². The number of carbonyl (C=O) groups is 2. The van der Waals surface area contributed by atoms with Crippen LogP contribution in [0.3, 0.4) is 0 Å². The van der Waals surface area contributed by atoms with Gasteiger partial charge in [-0.15, -0.1) is 0 Å². The largest absolute Gasteiger partial charge is 0.452 e. The fourth-order valence-corrected chi connectivity index (χ4v) is 2.71. The summed E-state index contributed by atoms with van der Waals surface area (Å²) in [6.45, 7) is 1.25. The van der Waals surface area contributed by atoms with E-state index < -0.39 is 46.0 Å². The highest BCUT2D eigenvalue weighted by Gasteiger charge is 2.36. The van der Waals surface area contributed by atoms with Crippen molar-refractivity contribution in [3.05, 3.63) is 33.9 Å². The zero-order valence-corrected chi connectivity index (χ0v) is 13.8. The normalized spacial score (nSPS) is 16.2. The van der Waals surface area contributed by atoms with Crippen LogP contribution in [0.2, 0.25) is 0 Å². The minimum absolute atomic E-state index is 0.296. The summed E-state index contributed by atoms with van der Waals surface area (Å²) in [5.74, 6) is -1.80. The first-order chi connectivity index (χ1) is 12.1. The lowest BCUT2D eigenvalue weighted by Gasteiger charge is -2.18. The van der Waals surface area contributed by atoms with Gasteiger partial charge in [-0.05, 0) is 25.8 Å². The van der Waals surface area contributed by atoms with Crippen molar-refractivity contribution >= 4 is 23.3 Å². The quantitative estimate of drug-likeness (QED) is 0.482. The van der Waals surface area contributed by atoms with Crippen LogP contribution in [0, 0.1) is 16.0 Å². The van der Waals surface area contributed by atoms with E-state index in [0.29, 0.717) is 18.9 Å². The summed E-state index contributed by atoms with van der Waals surface area (Å²) in [5, 5.41) is 12.7. The summed E-state index contributed by atoms with van der Waals surface area (Å²) < 4.78 is 44.3. The number of esters is 1. The van der Waals surface area contributed by atoms with Gasteiger partial charge in [-0.2, -0.15) is 13.2 Å². The predicted octanol–water partition coefficient (Wildman–Crippen LogP) is 3.67. The summed E-state index contributed by atoms with van der Waals surface area (Å²) in [7, 11) is 0. The average molecular weight is 374 g/mol. The number of nitrogens with zero attached hydrogens (tertiary/aromatic N) is 1. The Kier molecular flexibility index (Phi) is 5.83. The molecule has 0 heterocycles. The highest BCUT2D eigenvalue weighted by molar-refractivity contribution is 5.96. The lowest BCUT2D eigenvalue weighted by atomic mass is 10.1. The molecule has 1 amide bonds. The Hall–Kier alpha value is -2.65. The molecule has 1 aliphatic carbocycles. The summed E-state index contributed by atoms with van der Waals surface area (Å²) in [6.07, 6.45) is -3.10. The Bertz CT molecular complexity index is 714. The predicted molar refractivity (Wildman–Crippen MR) is 84.2 cm³/mol. The SMILES string of the molecule is C[C@@H](OC(=O)C1CCCC1)C(=O)Nc1ccc([N+](=O)[O-])cc1C(F)(F)F. The van der Waals surface area contributed by atoms with Crippen molar-refractivity contribution in [2.75, 3.05) is 5.32 Å². The van der Waals surface area contributed by atoms with Crippen LogP contribution in [0.1, 0.15) is 38.2 Å². The van der Waals surface area contributed by atoms with E-state index in [0.717, 1.165) is 25.0 Å². The van der Waals surface area contributed by atoms with E-state index in [2.05, 4.69) is 0 Å². The van der Waals surface area contributed by atoms with Crippen molar-refractivity contribution < 1.29 is 32.4 Å². The van der Waals surface area contributed by atoms with Crippen LogP contribution in [0.15, 0.2) is 18.2 Å². The molecule has 1 saturated carbocycles. The molecule has 1 aromatic rings. The van der Waals surface area contributed by atoms with E-state index in [9.17, 15) is 32.9 Å². The molecule has 1 fully saturated rings. The van der Waals surface area contributed by atoms with Gasteiger partial charge in [-0.25, -0.2) is 0 Å². The fraction of sp³-hybridized carbons (Fsp3) is 0.500. The maximum atomic E-state index is 13.1. The molecule has 0 aliphatic heterocycles. The molecule has 10 heteroatoms. The van der Waals surface area contributed by atoms with Gasteiger partial charge in [-0.3, -0.25) is 19.7 Å². The van der Waals surface area contributed by atoms with Gasteiger partial charge >= 0.3 is 12.1 Å². The molecule has 1 atom stereocenters. The van der Waals surface area contributed by atoms with Gasteiger partial charge in [0.2, 0.25) is 0 Å². The summed E-state index contributed by atoms with van der Waals surface area (Å²) in [5.41, 5.74) is -2.75. The third-order valence-corrected chi connectivity index (χ3v) is 4.13. The van der Waals surface area contributed by atoms with Gasteiger partial charge < -0.3 is 10.1 Å². The highest BCUT2D eigenvalue weighted by atomic mass is 19.4. The number of hydrogen-bond acceptors (Lipinski definition) is 5. The maximum absolute atomic E-state index is 13.1. The number of benzene rings is 1. The molecule has 26 heavy (non-hydrogen) atoms. The average Bonchev–Trinajstić information content (AvgIpc) is 3.08. The molecule has 7 nitrogen and oxygen atoms in total. The monoisotopic (exact) mass is 374 g/mol. The molecular weight excluding hydrogens is 357 g/mol. The van der Waals surface area contributed by atoms with Crippen molar-refractivity contribution in [1.29, 1.82) is 0 Å². The van der Waals surface area contributed by atoms with Crippen LogP contribution >= 0.6 is 0 Å². The third-order valence-electron chi connectivity index (χ3n) is 4.13. The molecule has 0 unspecified atom stereocenters. The van der Waals surface area contributed by atoms with E-state index in [1.807, 2.05) is 5.32 Å². The summed E-state index contributed by atoms with van der Waals surface area (Å²) >= 11 is 0. The summed E-state index contributed by atoms with van der Waals surface area (Å²) in [6, 6.07) is 1.98. The van der Waals surface area contributed by atoms with Crippen LogP contribution < -0.4 is 5.32 Å². The molecule has 0 radical (unpaired) electrons.